The summed E-state index contributed by atoms with van der Waals surface area (Å²) in [6, 6.07) is 20.6. The average molecular weight is 453 g/mol. The molecule has 1 aliphatic rings. The quantitative estimate of drug-likeness (QED) is 0.443. The van der Waals surface area contributed by atoms with Crippen molar-refractivity contribution < 1.29 is 0 Å². The van der Waals surface area contributed by atoms with Crippen LogP contribution in [0.4, 0.5) is 17.5 Å². The second kappa shape index (κ2) is 9.94. The lowest BCUT2D eigenvalue weighted by atomic mass is 10.1. The van der Waals surface area contributed by atoms with E-state index in [1.807, 2.05) is 6.07 Å². The first-order valence-corrected chi connectivity index (χ1v) is 11.1. The Labute approximate surface area is 193 Å². The molecule has 0 saturated carbocycles. The molecule has 1 fully saturated rings. The molecule has 31 heavy (non-hydrogen) atoms. The molecule has 0 atom stereocenters. The van der Waals surface area contributed by atoms with Gasteiger partial charge in [-0.25, -0.2) is 4.98 Å². The highest BCUT2D eigenvalue weighted by Gasteiger charge is 2.19. The number of halogens is 1. The molecule has 2 heterocycles. The molecule has 6 nitrogen and oxygen atoms in total. The van der Waals surface area contributed by atoms with Gasteiger partial charge in [0.2, 0.25) is 5.95 Å². The van der Waals surface area contributed by atoms with Gasteiger partial charge >= 0.3 is 0 Å². The van der Waals surface area contributed by atoms with Gasteiger partial charge in [0.05, 0.1) is 0 Å². The average Bonchev–Trinajstić information content (AvgIpc) is 2.79. The molecule has 8 heteroatoms. The van der Waals surface area contributed by atoms with Gasteiger partial charge in [-0.15, -0.1) is 0 Å². The van der Waals surface area contributed by atoms with E-state index in [-0.39, 0.29) is 0 Å². The number of rotatable bonds is 5. The van der Waals surface area contributed by atoms with Gasteiger partial charge in [0, 0.05) is 44.5 Å². The van der Waals surface area contributed by atoms with Gasteiger partial charge in [-0.2, -0.15) is 4.98 Å². The Morgan fingerprint density at radius 1 is 0.968 bits per heavy atom. The van der Waals surface area contributed by atoms with E-state index in [1.54, 1.807) is 6.07 Å². The highest BCUT2D eigenvalue weighted by atomic mass is 35.5. The van der Waals surface area contributed by atoms with Gasteiger partial charge in [0.25, 0.3) is 0 Å². The van der Waals surface area contributed by atoms with Gasteiger partial charge < -0.3 is 20.4 Å². The number of para-hydroxylation sites is 1. The predicted molar refractivity (Wildman–Crippen MR) is 132 cm³/mol. The van der Waals surface area contributed by atoms with Crippen LogP contribution in [0, 0.1) is 6.92 Å². The van der Waals surface area contributed by atoms with Crippen molar-refractivity contribution in [3.63, 3.8) is 0 Å². The van der Waals surface area contributed by atoms with E-state index in [1.165, 1.54) is 11.3 Å². The van der Waals surface area contributed by atoms with E-state index in [0.717, 1.165) is 37.6 Å². The fourth-order valence-electron chi connectivity index (χ4n) is 3.49. The van der Waals surface area contributed by atoms with E-state index >= 15 is 0 Å². The van der Waals surface area contributed by atoms with Gasteiger partial charge in [0.1, 0.15) is 11.0 Å². The molecule has 1 aromatic heterocycles. The third-order valence-electron chi connectivity index (χ3n) is 5.21. The molecule has 0 unspecified atom stereocenters. The van der Waals surface area contributed by atoms with Crippen LogP contribution in [0.3, 0.4) is 0 Å². The Balaban J connectivity index is 1.35. The molecule has 160 valence electrons. The number of anilines is 3. The van der Waals surface area contributed by atoms with Crippen LogP contribution in [-0.4, -0.2) is 41.3 Å². The number of benzene rings is 2. The van der Waals surface area contributed by atoms with Crippen LogP contribution in [-0.2, 0) is 6.54 Å². The molecular formula is C23H25ClN6S. The zero-order chi connectivity index (χ0) is 21.6. The lowest BCUT2D eigenvalue weighted by Gasteiger charge is -2.36. The summed E-state index contributed by atoms with van der Waals surface area (Å²) in [7, 11) is 0. The first kappa shape index (κ1) is 21.3. The Morgan fingerprint density at radius 3 is 2.35 bits per heavy atom. The summed E-state index contributed by atoms with van der Waals surface area (Å²) in [5.41, 5.74) is 3.63. The molecule has 4 rings (SSSR count). The number of nitrogens with one attached hydrogen (secondary N) is 2. The molecular weight excluding hydrogens is 428 g/mol. The number of hydrogen-bond acceptors (Lipinski definition) is 5. The van der Waals surface area contributed by atoms with Gasteiger partial charge in [-0.3, -0.25) is 0 Å². The minimum absolute atomic E-state index is 0.388. The van der Waals surface area contributed by atoms with Crippen LogP contribution in [0.15, 0.2) is 60.7 Å². The van der Waals surface area contributed by atoms with Crippen LogP contribution in [0.25, 0.3) is 0 Å². The van der Waals surface area contributed by atoms with Crippen molar-refractivity contribution in [3.05, 3.63) is 76.9 Å². The minimum Gasteiger partial charge on any atom is -0.368 e. The normalized spacial score (nSPS) is 13.7. The summed E-state index contributed by atoms with van der Waals surface area (Å²) in [5, 5.41) is 7.09. The number of piperazine rings is 1. The Kier molecular flexibility index (Phi) is 6.84. The third-order valence-corrected chi connectivity index (χ3v) is 5.65. The van der Waals surface area contributed by atoms with Crippen molar-refractivity contribution in [2.24, 2.45) is 0 Å². The van der Waals surface area contributed by atoms with E-state index in [9.17, 15) is 0 Å². The van der Waals surface area contributed by atoms with Gasteiger partial charge in [-0.05, 0) is 36.8 Å². The van der Waals surface area contributed by atoms with Gasteiger partial charge in [0.15, 0.2) is 5.11 Å². The molecule has 0 bridgehead atoms. The highest BCUT2D eigenvalue weighted by Crippen LogP contribution is 2.22. The molecule has 2 N–H and O–H groups in total. The Hall–Kier alpha value is -2.90. The standard InChI is InChI=1S/C23H25ClN6S/c1-17-7-9-18(10-8-17)16-25-23(31)28-22-26-20(24)15-21(27-22)30-13-11-29(12-14-30)19-5-3-2-4-6-19/h2-10,15H,11-14,16H2,1H3,(H2,25,26,27,28,31). The van der Waals surface area contributed by atoms with Crippen LogP contribution >= 0.6 is 23.8 Å². The lowest BCUT2D eigenvalue weighted by molar-refractivity contribution is 0.647. The molecule has 1 aliphatic heterocycles. The summed E-state index contributed by atoms with van der Waals surface area (Å²) in [6.07, 6.45) is 0. The van der Waals surface area contributed by atoms with Crippen LogP contribution in [0.5, 0.6) is 0 Å². The topological polar surface area (TPSA) is 56.3 Å². The minimum atomic E-state index is 0.388. The van der Waals surface area contributed by atoms with Crippen molar-refractivity contribution in [3.8, 4) is 0 Å². The summed E-state index contributed by atoms with van der Waals surface area (Å²) in [5.74, 6) is 1.20. The van der Waals surface area contributed by atoms with Gasteiger partial charge in [-0.1, -0.05) is 59.6 Å². The van der Waals surface area contributed by atoms with Crippen molar-refractivity contribution in [1.82, 2.24) is 15.3 Å². The zero-order valence-corrected chi connectivity index (χ0v) is 19.0. The summed E-state index contributed by atoms with van der Waals surface area (Å²) in [6.45, 7) is 6.26. The molecule has 3 aromatic rings. The second-order valence-electron chi connectivity index (χ2n) is 7.48. The number of aromatic nitrogens is 2. The molecule has 0 spiro atoms. The summed E-state index contributed by atoms with van der Waals surface area (Å²) >= 11 is 11.7. The maximum atomic E-state index is 6.27. The molecule has 0 aliphatic carbocycles. The maximum absolute atomic E-state index is 6.27. The van der Waals surface area contributed by atoms with E-state index in [0.29, 0.717) is 22.8 Å². The number of hydrogen-bond donors (Lipinski definition) is 2. The van der Waals surface area contributed by atoms with Crippen LogP contribution in [0.1, 0.15) is 11.1 Å². The van der Waals surface area contributed by atoms with Crippen LogP contribution < -0.4 is 20.4 Å². The third kappa shape index (κ3) is 5.83. The smallest absolute Gasteiger partial charge is 0.232 e. The lowest BCUT2D eigenvalue weighted by Crippen LogP contribution is -2.46. The summed E-state index contributed by atoms with van der Waals surface area (Å²) in [4.78, 5) is 13.5. The Morgan fingerprint density at radius 2 is 1.65 bits per heavy atom. The first-order chi connectivity index (χ1) is 15.1. The second-order valence-corrected chi connectivity index (χ2v) is 8.27. The van der Waals surface area contributed by atoms with Crippen molar-refractivity contribution in [2.45, 2.75) is 13.5 Å². The van der Waals surface area contributed by atoms with E-state index in [4.69, 9.17) is 23.8 Å². The fraction of sp³-hybridized carbons (Fsp3) is 0.261. The number of thiocarbonyl (C=S) groups is 1. The number of nitrogens with zero attached hydrogens (tertiary/aromatic N) is 4. The zero-order valence-electron chi connectivity index (χ0n) is 17.4. The molecule has 0 amide bonds. The predicted octanol–water partition coefficient (Wildman–Crippen LogP) is 4.25. The monoisotopic (exact) mass is 452 g/mol. The maximum Gasteiger partial charge on any atom is 0.232 e. The molecule has 2 aromatic carbocycles. The largest absolute Gasteiger partial charge is 0.368 e. The molecule has 0 radical (unpaired) electrons. The summed E-state index contributed by atoms with van der Waals surface area (Å²) < 4.78 is 0. The first-order valence-electron chi connectivity index (χ1n) is 10.3. The van der Waals surface area contributed by atoms with Crippen molar-refractivity contribution in [1.29, 1.82) is 0 Å². The fourth-order valence-corrected chi connectivity index (χ4v) is 3.83. The highest BCUT2D eigenvalue weighted by molar-refractivity contribution is 7.80. The Bertz CT molecular complexity index is 1020. The van der Waals surface area contributed by atoms with E-state index < -0.39 is 0 Å². The van der Waals surface area contributed by atoms with E-state index in [2.05, 4.69) is 85.9 Å². The molecule has 1 saturated heterocycles. The SMILES string of the molecule is Cc1ccc(CNC(=S)Nc2nc(Cl)cc(N3CCN(c4ccccc4)CC3)n2)cc1. The van der Waals surface area contributed by atoms with Crippen molar-refractivity contribution in [2.75, 3.05) is 41.3 Å². The van der Waals surface area contributed by atoms with Crippen LogP contribution in [0.2, 0.25) is 5.15 Å². The number of aryl methyl sites for hydroxylation is 1. The van der Waals surface area contributed by atoms with Crippen molar-refractivity contribution >= 4 is 46.4 Å².